The minimum absolute atomic E-state index is 0.266. The molecule has 0 N–H and O–H groups in total. The highest BCUT2D eigenvalue weighted by Crippen LogP contribution is 2.50. The fraction of sp³-hybridized carbons (Fsp3) is 0.0870. The Hall–Kier alpha value is -5.86. The number of hydrogen-bond acceptors (Lipinski definition) is 2. The molecule has 7 aromatic rings. The number of nitrogens with zero attached hydrogens (tertiary/aromatic N) is 1. The first kappa shape index (κ1) is 27.3. The summed E-state index contributed by atoms with van der Waals surface area (Å²) >= 11 is 0. The van der Waals surface area contributed by atoms with Crippen LogP contribution in [0.4, 0.5) is 11.4 Å². The standard InChI is InChI=1S/C46H33NO/c1-2-14-34-30(12-1)13-11-19-35(34)41-29-32-28-40(36-15-3-5-17-38(36)46(32)39-18-6-4-16-37(39)41)31-24-26-33(27-25-31)47-42-20-7-9-22-44(42)48-45-23-10-8-21-43(45)47/h1-3,5-15,17-24,26-29,31H,4,16,25H2. The van der Waals surface area contributed by atoms with Crippen molar-refractivity contribution in [3.63, 3.8) is 0 Å². The largest absolute Gasteiger partial charge is 0.453 e. The Morgan fingerprint density at radius 1 is 0.604 bits per heavy atom. The second-order valence-corrected chi connectivity index (χ2v) is 13.1. The van der Waals surface area contributed by atoms with Crippen molar-refractivity contribution >= 4 is 49.8 Å². The van der Waals surface area contributed by atoms with Gasteiger partial charge in [0.25, 0.3) is 0 Å². The Morgan fingerprint density at radius 3 is 2.10 bits per heavy atom. The van der Waals surface area contributed by atoms with Gasteiger partial charge in [0.1, 0.15) is 0 Å². The average Bonchev–Trinajstić information content (AvgIpc) is 3.16. The number of para-hydroxylation sites is 4. The fourth-order valence-electron chi connectivity index (χ4n) is 8.26. The predicted molar refractivity (Wildman–Crippen MR) is 201 cm³/mol. The lowest BCUT2D eigenvalue weighted by atomic mass is 9.80. The van der Waals surface area contributed by atoms with E-state index >= 15 is 0 Å². The van der Waals surface area contributed by atoms with Crippen molar-refractivity contribution in [2.45, 2.75) is 25.2 Å². The van der Waals surface area contributed by atoms with E-state index in [4.69, 9.17) is 4.74 Å². The second-order valence-electron chi connectivity index (χ2n) is 13.1. The number of allylic oxidation sites excluding steroid dienone is 4. The van der Waals surface area contributed by atoms with Crippen molar-refractivity contribution in [2.75, 3.05) is 4.90 Å². The third kappa shape index (κ3) is 4.19. The third-order valence-electron chi connectivity index (χ3n) is 10.4. The van der Waals surface area contributed by atoms with Gasteiger partial charge in [-0.25, -0.2) is 0 Å². The summed E-state index contributed by atoms with van der Waals surface area (Å²) in [6.45, 7) is 0. The van der Waals surface area contributed by atoms with Gasteiger partial charge in [0.2, 0.25) is 0 Å². The molecule has 1 aliphatic heterocycles. The molecule has 7 aromatic carbocycles. The normalized spacial score (nSPS) is 16.4. The maximum absolute atomic E-state index is 6.28. The van der Waals surface area contributed by atoms with E-state index < -0.39 is 0 Å². The van der Waals surface area contributed by atoms with E-state index in [1.807, 2.05) is 12.1 Å². The molecule has 2 nitrogen and oxygen atoms in total. The van der Waals surface area contributed by atoms with Crippen LogP contribution in [0.25, 0.3) is 49.5 Å². The molecule has 0 amide bonds. The van der Waals surface area contributed by atoms with E-state index in [1.165, 1.54) is 65.8 Å². The Kier molecular flexibility index (Phi) is 6.17. The van der Waals surface area contributed by atoms with Crippen molar-refractivity contribution in [3.05, 3.63) is 174 Å². The average molecular weight is 616 g/mol. The van der Waals surface area contributed by atoms with Crippen molar-refractivity contribution < 1.29 is 4.74 Å². The Bertz CT molecular complexity index is 2480. The Labute approximate surface area is 280 Å². The molecule has 0 fully saturated rings. The summed E-state index contributed by atoms with van der Waals surface area (Å²) in [5.41, 5.74) is 10.2. The van der Waals surface area contributed by atoms with Gasteiger partial charge >= 0.3 is 0 Å². The van der Waals surface area contributed by atoms with Gasteiger partial charge in [-0.2, -0.15) is 0 Å². The first-order chi connectivity index (χ1) is 23.8. The molecule has 2 aliphatic carbocycles. The molecule has 0 saturated heterocycles. The number of benzene rings is 7. The van der Waals surface area contributed by atoms with Crippen molar-refractivity contribution in [1.29, 1.82) is 0 Å². The fourth-order valence-corrected chi connectivity index (χ4v) is 8.26. The van der Waals surface area contributed by atoms with E-state index in [9.17, 15) is 0 Å². The van der Waals surface area contributed by atoms with Crippen LogP contribution in [0.3, 0.4) is 0 Å². The molecule has 2 heteroatoms. The Morgan fingerprint density at radius 2 is 1.31 bits per heavy atom. The summed E-state index contributed by atoms with van der Waals surface area (Å²) < 4.78 is 6.28. The number of fused-ring (bicyclic) bond motifs is 8. The van der Waals surface area contributed by atoms with Crippen LogP contribution in [0.15, 0.2) is 157 Å². The molecule has 0 aromatic heterocycles. The zero-order chi connectivity index (χ0) is 31.6. The van der Waals surface area contributed by atoms with Gasteiger partial charge in [-0.05, 0) is 122 Å². The summed E-state index contributed by atoms with van der Waals surface area (Å²) in [5, 5.41) is 7.98. The summed E-state index contributed by atoms with van der Waals surface area (Å²) in [4.78, 5) is 2.34. The van der Waals surface area contributed by atoms with E-state index in [-0.39, 0.29) is 5.92 Å². The zero-order valence-electron chi connectivity index (χ0n) is 26.6. The van der Waals surface area contributed by atoms with E-state index in [0.29, 0.717) is 0 Å². The highest BCUT2D eigenvalue weighted by atomic mass is 16.5. The molecular weight excluding hydrogens is 583 g/mol. The zero-order valence-corrected chi connectivity index (χ0v) is 26.6. The molecule has 228 valence electrons. The topological polar surface area (TPSA) is 12.5 Å². The smallest absolute Gasteiger partial charge is 0.151 e. The minimum Gasteiger partial charge on any atom is -0.453 e. The SMILES string of the molecule is C1=Cc2c(c(-c3cccc4ccccc34)cc3cc(C4C=CC(N5c6ccccc6Oc6ccccc65)=CC4)c4ccccc4c23)CC1. The van der Waals surface area contributed by atoms with E-state index in [1.54, 1.807) is 0 Å². The highest BCUT2D eigenvalue weighted by molar-refractivity contribution is 6.15. The van der Waals surface area contributed by atoms with Gasteiger partial charge < -0.3 is 9.64 Å². The van der Waals surface area contributed by atoms with Crippen LogP contribution >= 0.6 is 0 Å². The molecule has 1 unspecified atom stereocenters. The molecule has 0 bridgehead atoms. The first-order valence-corrected chi connectivity index (χ1v) is 17.0. The first-order valence-electron chi connectivity index (χ1n) is 17.0. The van der Waals surface area contributed by atoms with Crippen molar-refractivity contribution in [2.24, 2.45) is 0 Å². The second kappa shape index (κ2) is 10.9. The molecule has 48 heavy (non-hydrogen) atoms. The quantitative estimate of drug-likeness (QED) is 0.183. The molecule has 3 aliphatic rings. The maximum atomic E-state index is 6.28. The number of anilines is 2. The summed E-state index contributed by atoms with van der Waals surface area (Å²) in [6, 6.07) is 46.2. The molecular formula is C46H33NO. The van der Waals surface area contributed by atoms with Gasteiger partial charge in [-0.15, -0.1) is 0 Å². The van der Waals surface area contributed by atoms with E-state index in [2.05, 4.69) is 151 Å². The number of rotatable bonds is 3. The van der Waals surface area contributed by atoms with Crippen LogP contribution in [-0.4, -0.2) is 0 Å². The summed E-state index contributed by atoms with van der Waals surface area (Å²) in [6.07, 6.45) is 14.9. The van der Waals surface area contributed by atoms with Gasteiger partial charge in [-0.3, -0.25) is 0 Å². The van der Waals surface area contributed by atoms with Crippen LogP contribution in [0.2, 0.25) is 0 Å². The molecule has 1 atom stereocenters. The van der Waals surface area contributed by atoms with Crippen molar-refractivity contribution in [1.82, 2.24) is 0 Å². The van der Waals surface area contributed by atoms with Gasteiger partial charge in [-0.1, -0.05) is 115 Å². The molecule has 1 heterocycles. The third-order valence-corrected chi connectivity index (χ3v) is 10.4. The van der Waals surface area contributed by atoms with Crippen LogP contribution in [-0.2, 0) is 6.42 Å². The van der Waals surface area contributed by atoms with Crippen LogP contribution in [0, 0.1) is 0 Å². The lowest BCUT2D eigenvalue weighted by Gasteiger charge is -2.34. The summed E-state index contributed by atoms with van der Waals surface area (Å²) in [7, 11) is 0. The Balaban J connectivity index is 1.12. The monoisotopic (exact) mass is 615 g/mol. The van der Waals surface area contributed by atoms with Gasteiger partial charge in [0.05, 0.1) is 11.4 Å². The highest BCUT2D eigenvalue weighted by Gasteiger charge is 2.28. The maximum Gasteiger partial charge on any atom is 0.151 e. The lowest BCUT2D eigenvalue weighted by Crippen LogP contribution is -2.21. The number of hydrogen-bond donors (Lipinski definition) is 0. The van der Waals surface area contributed by atoms with Gasteiger partial charge in [0, 0.05) is 11.6 Å². The lowest BCUT2D eigenvalue weighted by molar-refractivity contribution is 0.476. The minimum atomic E-state index is 0.266. The molecule has 0 spiro atoms. The molecule has 0 saturated carbocycles. The molecule has 0 radical (unpaired) electrons. The van der Waals surface area contributed by atoms with E-state index in [0.717, 1.165) is 42.1 Å². The van der Waals surface area contributed by atoms with Crippen LogP contribution in [0.5, 0.6) is 11.5 Å². The number of ether oxygens (including phenoxy) is 1. The molecule has 10 rings (SSSR count). The van der Waals surface area contributed by atoms with Crippen LogP contribution in [0.1, 0.15) is 35.4 Å². The summed E-state index contributed by atoms with van der Waals surface area (Å²) in [5.74, 6) is 2.03. The van der Waals surface area contributed by atoms with Crippen molar-refractivity contribution in [3.8, 4) is 22.6 Å². The van der Waals surface area contributed by atoms with Gasteiger partial charge in [0.15, 0.2) is 11.5 Å². The predicted octanol–water partition coefficient (Wildman–Crippen LogP) is 12.6. The van der Waals surface area contributed by atoms with Crippen LogP contribution < -0.4 is 9.64 Å².